The number of Topliss-reactive ketones (excluding diaryl/α,β-unsaturated/α-hetero) is 1. The van der Waals surface area contributed by atoms with Crippen LogP contribution in [0.4, 0.5) is 5.69 Å². The van der Waals surface area contributed by atoms with Crippen LogP contribution in [-0.2, 0) is 14.3 Å². The van der Waals surface area contributed by atoms with Gasteiger partial charge in [0.25, 0.3) is 5.91 Å². The van der Waals surface area contributed by atoms with Crippen LogP contribution < -0.4 is 5.32 Å². The van der Waals surface area contributed by atoms with E-state index >= 15 is 0 Å². The molecule has 23 heavy (non-hydrogen) atoms. The van der Waals surface area contributed by atoms with Crippen LogP contribution in [-0.4, -0.2) is 24.3 Å². The van der Waals surface area contributed by atoms with Crippen LogP contribution in [0.5, 0.6) is 0 Å². The highest BCUT2D eigenvalue weighted by Gasteiger charge is 2.07. The number of hydrogen-bond donors (Lipinski definition) is 1. The van der Waals surface area contributed by atoms with Gasteiger partial charge in [0.2, 0.25) is 0 Å². The SMILES string of the molecule is CC(=O)c1cccc(NC(=O)COC(=O)/C=C/c2cccs2)c1. The van der Waals surface area contributed by atoms with Gasteiger partial charge in [-0.2, -0.15) is 0 Å². The maximum absolute atomic E-state index is 11.7. The number of rotatable bonds is 6. The third kappa shape index (κ3) is 5.52. The van der Waals surface area contributed by atoms with Gasteiger partial charge in [0.15, 0.2) is 12.4 Å². The normalized spacial score (nSPS) is 10.5. The van der Waals surface area contributed by atoms with Crippen molar-refractivity contribution in [2.45, 2.75) is 6.92 Å². The van der Waals surface area contributed by atoms with Crippen LogP contribution >= 0.6 is 11.3 Å². The standard InChI is InChI=1S/C17H15NO4S/c1-12(19)13-4-2-5-14(10-13)18-16(20)11-22-17(21)8-7-15-6-3-9-23-15/h2-10H,11H2,1H3,(H,18,20)/b8-7+. The van der Waals surface area contributed by atoms with Gasteiger partial charge >= 0.3 is 5.97 Å². The summed E-state index contributed by atoms with van der Waals surface area (Å²) in [4.78, 5) is 35.4. The number of hydrogen-bond acceptors (Lipinski definition) is 5. The lowest BCUT2D eigenvalue weighted by atomic mass is 10.1. The maximum Gasteiger partial charge on any atom is 0.331 e. The fourth-order valence-electron chi connectivity index (χ4n) is 1.73. The summed E-state index contributed by atoms with van der Waals surface area (Å²) in [7, 11) is 0. The number of ketones is 1. The van der Waals surface area contributed by atoms with Crippen LogP contribution in [0.1, 0.15) is 22.2 Å². The molecule has 2 aromatic rings. The van der Waals surface area contributed by atoms with E-state index < -0.39 is 18.5 Å². The molecule has 0 atom stereocenters. The average molecular weight is 329 g/mol. The van der Waals surface area contributed by atoms with Crippen molar-refractivity contribution in [2.75, 3.05) is 11.9 Å². The zero-order valence-electron chi connectivity index (χ0n) is 12.4. The van der Waals surface area contributed by atoms with Gasteiger partial charge in [-0.15, -0.1) is 11.3 Å². The third-order valence-electron chi connectivity index (χ3n) is 2.83. The Morgan fingerprint density at radius 3 is 2.74 bits per heavy atom. The van der Waals surface area contributed by atoms with E-state index in [1.807, 2.05) is 17.5 Å². The number of anilines is 1. The quantitative estimate of drug-likeness (QED) is 0.502. The summed E-state index contributed by atoms with van der Waals surface area (Å²) in [6.07, 6.45) is 2.90. The molecule has 0 spiro atoms. The second-order valence-corrected chi connectivity index (χ2v) is 5.62. The molecule has 0 aliphatic heterocycles. The molecule has 1 N–H and O–H groups in total. The van der Waals surface area contributed by atoms with Gasteiger partial charge in [-0.05, 0) is 36.6 Å². The van der Waals surface area contributed by atoms with Crippen LogP contribution in [0.15, 0.2) is 47.9 Å². The molecule has 0 bridgehead atoms. The number of nitrogens with one attached hydrogen (secondary N) is 1. The molecule has 1 heterocycles. The van der Waals surface area contributed by atoms with Crippen molar-refractivity contribution < 1.29 is 19.1 Å². The molecule has 0 saturated carbocycles. The minimum absolute atomic E-state index is 0.0914. The third-order valence-corrected chi connectivity index (χ3v) is 3.66. The van der Waals surface area contributed by atoms with E-state index in [-0.39, 0.29) is 5.78 Å². The fourth-order valence-corrected chi connectivity index (χ4v) is 2.35. The molecule has 2 rings (SSSR count). The second kappa shape index (κ2) is 8.05. The van der Waals surface area contributed by atoms with E-state index in [4.69, 9.17) is 4.74 Å². The Balaban J connectivity index is 1.82. The summed E-state index contributed by atoms with van der Waals surface area (Å²) >= 11 is 1.49. The number of carbonyl (C=O) groups excluding carboxylic acids is 3. The predicted octanol–water partition coefficient (Wildman–Crippen LogP) is 3.15. The van der Waals surface area contributed by atoms with Crippen molar-refractivity contribution in [1.29, 1.82) is 0 Å². The Labute approximate surface area is 137 Å². The molecule has 0 unspecified atom stereocenters. The van der Waals surface area contributed by atoms with Gasteiger partial charge in [-0.1, -0.05) is 18.2 Å². The molecule has 0 aliphatic rings. The highest BCUT2D eigenvalue weighted by Crippen LogP contribution is 2.11. The van der Waals surface area contributed by atoms with E-state index in [9.17, 15) is 14.4 Å². The molecular weight excluding hydrogens is 314 g/mol. The van der Waals surface area contributed by atoms with Gasteiger partial charge in [-0.3, -0.25) is 9.59 Å². The van der Waals surface area contributed by atoms with E-state index in [2.05, 4.69) is 5.32 Å². The first-order valence-electron chi connectivity index (χ1n) is 6.84. The average Bonchev–Trinajstić information content (AvgIpc) is 3.04. The second-order valence-electron chi connectivity index (χ2n) is 4.64. The first kappa shape index (κ1) is 16.6. The zero-order chi connectivity index (χ0) is 16.7. The molecule has 6 heteroatoms. The summed E-state index contributed by atoms with van der Waals surface area (Å²) in [6, 6.07) is 10.3. The fraction of sp³-hybridized carbons (Fsp3) is 0.118. The Morgan fingerprint density at radius 1 is 1.22 bits per heavy atom. The molecule has 1 aromatic carbocycles. The van der Waals surface area contributed by atoms with E-state index in [0.717, 1.165) is 4.88 Å². The molecule has 0 radical (unpaired) electrons. The summed E-state index contributed by atoms with van der Waals surface area (Å²) in [5, 5.41) is 4.47. The number of carbonyl (C=O) groups is 3. The van der Waals surface area contributed by atoms with Crippen molar-refractivity contribution in [3.63, 3.8) is 0 Å². The number of esters is 1. The molecular formula is C17H15NO4S. The molecule has 0 saturated heterocycles. The Bertz CT molecular complexity index is 735. The molecule has 5 nitrogen and oxygen atoms in total. The monoisotopic (exact) mass is 329 g/mol. The summed E-state index contributed by atoms with van der Waals surface area (Å²) < 4.78 is 4.85. The highest BCUT2D eigenvalue weighted by molar-refractivity contribution is 7.10. The lowest BCUT2D eigenvalue weighted by Gasteiger charge is -2.06. The summed E-state index contributed by atoms with van der Waals surface area (Å²) in [6.45, 7) is 1.06. The first-order chi connectivity index (χ1) is 11.0. The van der Waals surface area contributed by atoms with Crippen molar-refractivity contribution in [1.82, 2.24) is 0 Å². The lowest BCUT2D eigenvalue weighted by molar-refractivity contribution is -0.142. The molecule has 0 fully saturated rings. The van der Waals surface area contributed by atoms with E-state index in [1.54, 1.807) is 30.3 Å². The van der Waals surface area contributed by atoms with E-state index in [0.29, 0.717) is 11.3 Å². The van der Waals surface area contributed by atoms with Gasteiger partial charge < -0.3 is 10.1 Å². The smallest absolute Gasteiger partial charge is 0.331 e. The van der Waals surface area contributed by atoms with Crippen molar-refractivity contribution >= 4 is 40.8 Å². The topological polar surface area (TPSA) is 72.5 Å². The van der Waals surface area contributed by atoms with Crippen LogP contribution in [0.2, 0.25) is 0 Å². The van der Waals surface area contributed by atoms with Gasteiger partial charge in [0, 0.05) is 22.2 Å². The van der Waals surface area contributed by atoms with Gasteiger partial charge in [0.1, 0.15) is 0 Å². The van der Waals surface area contributed by atoms with Crippen molar-refractivity contribution in [2.24, 2.45) is 0 Å². The number of amides is 1. The molecule has 1 aromatic heterocycles. The van der Waals surface area contributed by atoms with Gasteiger partial charge in [-0.25, -0.2) is 4.79 Å². The van der Waals surface area contributed by atoms with Crippen LogP contribution in [0.3, 0.4) is 0 Å². The minimum Gasteiger partial charge on any atom is -0.452 e. The predicted molar refractivity (Wildman–Crippen MR) is 89.4 cm³/mol. The minimum atomic E-state index is -0.592. The van der Waals surface area contributed by atoms with Gasteiger partial charge in [0.05, 0.1) is 0 Å². The van der Waals surface area contributed by atoms with Crippen LogP contribution in [0.25, 0.3) is 6.08 Å². The Hall–Kier alpha value is -2.73. The maximum atomic E-state index is 11.7. The Morgan fingerprint density at radius 2 is 2.04 bits per heavy atom. The Kier molecular flexibility index (Phi) is 5.82. The van der Waals surface area contributed by atoms with E-state index in [1.165, 1.54) is 24.3 Å². The molecule has 1 amide bonds. The number of thiophene rings is 1. The van der Waals surface area contributed by atoms with Crippen LogP contribution in [0, 0.1) is 0 Å². The summed E-state index contributed by atoms with van der Waals surface area (Å²) in [5.74, 6) is -1.15. The van der Waals surface area contributed by atoms with Crippen molar-refractivity contribution in [3.05, 3.63) is 58.3 Å². The molecule has 118 valence electrons. The lowest BCUT2D eigenvalue weighted by Crippen LogP contribution is -2.20. The molecule has 0 aliphatic carbocycles. The highest BCUT2D eigenvalue weighted by atomic mass is 32.1. The van der Waals surface area contributed by atoms with Crippen molar-refractivity contribution in [3.8, 4) is 0 Å². The summed E-state index contributed by atoms with van der Waals surface area (Å²) in [5.41, 5.74) is 0.978. The number of ether oxygens (including phenoxy) is 1. The largest absolute Gasteiger partial charge is 0.452 e. The number of benzene rings is 1. The first-order valence-corrected chi connectivity index (χ1v) is 7.72. The zero-order valence-corrected chi connectivity index (χ0v) is 13.3.